The number of hydrogen-bond acceptors (Lipinski definition) is 7. The number of hydrogen-bond donors (Lipinski definition) is 1. The quantitative estimate of drug-likeness (QED) is 0.354. The zero-order chi connectivity index (χ0) is 29.9. The third kappa shape index (κ3) is 7.44. The van der Waals surface area contributed by atoms with Gasteiger partial charge in [0.15, 0.2) is 5.82 Å². The molecule has 9 heteroatoms. The van der Waals surface area contributed by atoms with E-state index in [0.717, 1.165) is 70.3 Å². The fraction of sp³-hybridized carbons (Fsp3) is 0.636. The third-order valence-electron chi connectivity index (χ3n) is 8.68. The van der Waals surface area contributed by atoms with Gasteiger partial charge < -0.3 is 19.6 Å². The van der Waals surface area contributed by atoms with Crippen LogP contribution >= 0.6 is 11.3 Å². The number of anilines is 2. The van der Waals surface area contributed by atoms with Crippen molar-refractivity contribution in [2.24, 2.45) is 17.3 Å². The Morgan fingerprint density at radius 1 is 1.02 bits per heavy atom. The minimum atomic E-state index is -1.01. The Kier molecular flexibility index (Phi) is 9.41. The molecule has 2 aromatic rings. The summed E-state index contributed by atoms with van der Waals surface area (Å²) in [5, 5.41) is 18.9. The largest absolute Gasteiger partial charge is 0.477 e. The molecule has 42 heavy (non-hydrogen) atoms. The molecular formula is C33H44N4O4S. The Hall–Kier alpha value is -3.12. The lowest BCUT2D eigenvalue weighted by Gasteiger charge is -2.39. The number of carbonyl (C=O) groups excluding carboxylic acids is 1. The molecular weight excluding hydrogens is 548 g/mol. The summed E-state index contributed by atoms with van der Waals surface area (Å²) in [6, 6.07) is 5.62. The van der Waals surface area contributed by atoms with E-state index in [4.69, 9.17) is 4.74 Å². The van der Waals surface area contributed by atoms with Crippen molar-refractivity contribution in [1.82, 2.24) is 10.2 Å². The normalized spacial score (nSPS) is 24.5. The first-order chi connectivity index (χ1) is 20.1. The maximum atomic E-state index is 14.2. The number of aromatic carboxylic acids is 1. The van der Waals surface area contributed by atoms with Gasteiger partial charge >= 0.3 is 5.97 Å². The molecule has 1 saturated heterocycles. The van der Waals surface area contributed by atoms with Crippen molar-refractivity contribution in [2.45, 2.75) is 104 Å². The maximum absolute atomic E-state index is 14.2. The minimum Gasteiger partial charge on any atom is -0.477 e. The van der Waals surface area contributed by atoms with E-state index in [0.29, 0.717) is 22.4 Å². The molecule has 1 amide bonds. The summed E-state index contributed by atoms with van der Waals surface area (Å²) in [4.78, 5) is 31.5. The van der Waals surface area contributed by atoms with E-state index in [9.17, 15) is 14.7 Å². The van der Waals surface area contributed by atoms with Crippen LogP contribution in [0.1, 0.15) is 106 Å². The van der Waals surface area contributed by atoms with Crippen LogP contribution in [-0.4, -0.2) is 52.4 Å². The number of ether oxygens (including phenoxy) is 1. The minimum absolute atomic E-state index is 0.0182. The van der Waals surface area contributed by atoms with Gasteiger partial charge in [0.05, 0.1) is 10.6 Å². The van der Waals surface area contributed by atoms with E-state index in [-0.39, 0.29) is 34.3 Å². The molecule has 0 bridgehead atoms. The van der Waals surface area contributed by atoms with Crippen molar-refractivity contribution in [3.63, 3.8) is 0 Å². The van der Waals surface area contributed by atoms with Gasteiger partial charge in [0.25, 0.3) is 0 Å². The van der Waals surface area contributed by atoms with Gasteiger partial charge in [0, 0.05) is 36.5 Å². The number of thiophene rings is 1. The fourth-order valence-electron chi connectivity index (χ4n) is 6.31. The van der Waals surface area contributed by atoms with Crippen LogP contribution in [0.15, 0.2) is 18.2 Å². The van der Waals surface area contributed by atoms with Gasteiger partial charge in [0.1, 0.15) is 11.0 Å². The highest BCUT2D eigenvalue weighted by Crippen LogP contribution is 2.39. The number of carboxylic acids is 1. The molecule has 0 radical (unpaired) electrons. The van der Waals surface area contributed by atoms with E-state index in [1.54, 1.807) is 0 Å². The van der Waals surface area contributed by atoms with Crippen molar-refractivity contribution >= 4 is 34.7 Å². The van der Waals surface area contributed by atoms with Gasteiger partial charge in [-0.15, -0.1) is 21.5 Å². The van der Waals surface area contributed by atoms with Crippen LogP contribution in [0, 0.1) is 29.1 Å². The molecule has 2 aromatic heterocycles. The van der Waals surface area contributed by atoms with Gasteiger partial charge in [-0.2, -0.15) is 0 Å². The standard InChI is InChI=1S/C33H44N4O4S/c1-22-7-9-23(10-8-22)31(38)37(27-21-26(17-18-33(2,3)4)42-30(27)32(39)40)24-11-13-25(14-12-24)41-29-16-15-28(34-35-29)36-19-5-6-20-36/h15-16,21-25H,5-14,19-20H2,1-4H3,(H,39,40)/t22-,23-,24-,25-. The lowest BCUT2D eigenvalue weighted by Crippen LogP contribution is -2.47. The Bertz CT molecular complexity index is 1300. The van der Waals surface area contributed by atoms with Crippen LogP contribution in [0.3, 0.4) is 0 Å². The van der Waals surface area contributed by atoms with Crippen LogP contribution in [0.25, 0.3) is 0 Å². The van der Waals surface area contributed by atoms with Crippen molar-refractivity contribution in [3.8, 4) is 17.7 Å². The second kappa shape index (κ2) is 13.0. The van der Waals surface area contributed by atoms with Crippen molar-refractivity contribution in [3.05, 3.63) is 28.0 Å². The van der Waals surface area contributed by atoms with Gasteiger partial charge in [0.2, 0.25) is 11.8 Å². The monoisotopic (exact) mass is 592 g/mol. The molecule has 8 nitrogen and oxygen atoms in total. The van der Waals surface area contributed by atoms with Gasteiger partial charge in [-0.3, -0.25) is 4.79 Å². The Balaban J connectivity index is 1.33. The summed E-state index contributed by atoms with van der Waals surface area (Å²) < 4.78 is 6.22. The first kappa shape index (κ1) is 30.3. The highest BCUT2D eigenvalue weighted by Gasteiger charge is 2.38. The Morgan fingerprint density at radius 2 is 1.71 bits per heavy atom. The zero-order valence-corrected chi connectivity index (χ0v) is 26.2. The lowest BCUT2D eigenvalue weighted by molar-refractivity contribution is -0.124. The number of carboxylic acid groups (broad SMARTS) is 1. The predicted octanol–water partition coefficient (Wildman–Crippen LogP) is 6.78. The van der Waals surface area contributed by atoms with E-state index in [2.05, 4.69) is 33.9 Å². The number of aromatic nitrogens is 2. The van der Waals surface area contributed by atoms with Gasteiger partial charge in [-0.05, 0) is 103 Å². The summed E-state index contributed by atoms with van der Waals surface area (Å²) >= 11 is 1.17. The van der Waals surface area contributed by atoms with Gasteiger partial charge in [-0.25, -0.2) is 4.79 Å². The predicted molar refractivity (Wildman–Crippen MR) is 166 cm³/mol. The second-order valence-corrected chi connectivity index (χ2v) is 14.3. The molecule has 0 unspecified atom stereocenters. The van der Waals surface area contributed by atoms with Crippen LogP contribution in [-0.2, 0) is 4.79 Å². The SMILES string of the molecule is CC(C)(C)C#Cc1cc(N(C(=O)[C@H]2CC[C@H](C)CC2)[C@H]2CC[C@H](Oc3ccc(N4CCCC4)nn3)CC2)c(C(=O)O)s1. The van der Waals surface area contributed by atoms with Crippen LogP contribution in [0.5, 0.6) is 5.88 Å². The topological polar surface area (TPSA) is 95.9 Å². The Morgan fingerprint density at radius 3 is 2.31 bits per heavy atom. The first-order valence-electron chi connectivity index (χ1n) is 15.6. The highest BCUT2D eigenvalue weighted by molar-refractivity contribution is 7.15. The van der Waals surface area contributed by atoms with E-state index in [1.165, 1.54) is 24.2 Å². The van der Waals surface area contributed by atoms with Crippen LogP contribution in [0.4, 0.5) is 11.5 Å². The summed E-state index contributed by atoms with van der Waals surface area (Å²) in [6.45, 7) is 10.4. The third-order valence-corrected chi connectivity index (χ3v) is 9.71. The molecule has 1 aliphatic heterocycles. The van der Waals surface area contributed by atoms with E-state index < -0.39 is 5.97 Å². The molecule has 0 atom stereocenters. The van der Waals surface area contributed by atoms with Crippen molar-refractivity contribution in [1.29, 1.82) is 0 Å². The average Bonchev–Trinajstić information content (AvgIpc) is 3.65. The van der Waals surface area contributed by atoms with Crippen molar-refractivity contribution < 1.29 is 19.4 Å². The summed E-state index contributed by atoms with van der Waals surface area (Å²) in [7, 11) is 0. The van der Waals surface area contributed by atoms with Gasteiger partial charge in [-0.1, -0.05) is 18.8 Å². The number of rotatable bonds is 7. The summed E-state index contributed by atoms with van der Waals surface area (Å²) in [5.41, 5.74) is 0.293. The smallest absolute Gasteiger partial charge is 0.348 e. The molecule has 2 aliphatic carbocycles. The Labute approximate surface area is 253 Å². The summed E-state index contributed by atoms with van der Waals surface area (Å²) in [6.07, 6.45) is 9.10. The fourth-order valence-corrected chi connectivity index (χ4v) is 7.15. The van der Waals surface area contributed by atoms with E-state index >= 15 is 0 Å². The zero-order valence-electron chi connectivity index (χ0n) is 25.4. The van der Waals surface area contributed by atoms with E-state index in [1.807, 2.05) is 43.9 Å². The first-order valence-corrected chi connectivity index (χ1v) is 16.4. The second-order valence-electron chi connectivity index (χ2n) is 13.3. The van der Waals surface area contributed by atoms with Crippen LogP contribution < -0.4 is 14.5 Å². The molecule has 3 aliphatic rings. The summed E-state index contributed by atoms with van der Waals surface area (Å²) in [5.74, 6) is 7.40. The molecule has 0 aromatic carbocycles. The molecule has 0 spiro atoms. The number of nitrogens with zero attached hydrogens (tertiary/aromatic N) is 4. The average molecular weight is 593 g/mol. The molecule has 226 valence electrons. The number of carbonyl (C=O) groups is 2. The highest BCUT2D eigenvalue weighted by atomic mass is 32.1. The molecule has 2 saturated carbocycles. The molecule has 1 N–H and O–H groups in total. The van der Waals surface area contributed by atoms with Crippen LogP contribution in [0.2, 0.25) is 0 Å². The van der Waals surface area contributed by atoms with Crippen molar-refractivity contribution in [2.75, 3.05) is 22.9 Å². The maximum Gasteiger partial charge on any atom is 0.348 e. The lowest BCUT2D eigenvalue weighted by atomic mass is 9.81. The molecule has 3 fully saturated rings. The molecule has 3 heterocycles. The molecule has 5 rings (SSSR count). The number of amides is 1.